The molecule has 0 spiro atoms. The average Bonchev–Trinajstić information content (AvgIpc) is 2.93. The molecule has 206 valence electrons. The number of aromatic nitrogens is 2. The van der Waals surface area contributed by atoms with E-state index in [0.29, 0.717) is 50.8 Å². The van der Waals surface area contributed by atoms with Crippen molar-refractivity contribution in [2.75, 3.05) is 17.7 Å². The SMILES string of the molecule is COc1c(Br)cc(C(C)(C)C)cc1C(=O)Nc1cnc(C)c(C(=O)Nc2ccc(OCc3ccncc3)cc2)c1. The highest BCUT2D eigenvalue weighted by atomic mass is 79.9. The number of anilines is 2. The van der Waals surface area contributed by atoms with Crippen LogP contribution in [0.5, 0.6) is 11.5 Å². The van der Waals surface area contributed by atoms with Gasteiger partial charge in [-0.25, -0.2) is 0 Å². The van der Waals surface area contributed by atoms with Crippen molar-refractivity contribution in [1.82, 2.24) is 9.97 Å². The molecule has 0 fully saturated rings. The minimum Gasteiger partial charge on any atom is -0.495 e. The van der Waals surface area contributed by atoms with Gasteiger partial charge in [-0.2, -0.15) is 0 Å². The first-order valence-corrected chi connectivity index (χ1v) is 13.4. The van der Waals surface area contributed by atoms with Crippen molar-refractivity contribution in [3.63, 3.8) is 0 Å². The van der Waals surface area contributed by atoms with E-state index in [1.54, 1.807) is 49.6 Å². The summed E-state index contributed by atoms with van der Waals surface area (Å²) in [5.41, 5.74) is 4.04. The van der Waals surface area contributed by atoms with E-state index in [1.165, 1.54) is 13.3 Å². The largest absolute Gasteiger partial charge is 0.495 e. The number of aryl methyl sites for hydroxylation is 1. The molecule has 2 N–H and O–H groups in total. The first-order chi connectivity index (χ1) is 19.0. The van der Waals surface area contributed by atoms with E-state index in [4.69, 9.17) is 9.47 Å². The summed E-state index contributed by atoms with van der Waals surface area (Å²) in [6.07, 6.45) is 4.96. The number of nitrogens with one attached hydrogen (secondary N) is 2. The van der Waals surface area contributed by atoms with Crippen molar-refractivity contribution >= 4 is 39.1 Å². The summed E-state index contributed by atoms with van der Waals surface area (Å²) in [5, 5.41) is 5.74. The maximum absolute atomic E-state index is 13.3. The van der Waals surface area contributed by atoms with E-state index in [9.17, 15) is 9.59 Å². The minimum absolute atomic E-state index is 0.176. The van der Waals surface area contributed by atoms with E-state index in [0.717, 1.165) is 11.1 Å². The Kier molecular flexibility index (Phi) is 8.84. The number of hydrogen-bond acceptors (Lipinski definition) is 6. The van der Waals surface area contributed by atoms with Crippen molar-refractivity contribution in [3.8, 4) is 11.5 Å². The van der Waals surface area contributed by atoms with Gasteiger partial charge in [-0.3, -0.25) is 19.6 Å². The quantitative estimate of drug-likeness (QED) is 0.226. The number of hydrogen-bond donors (Lipinski definition) is 2. The number of benzene rings is 2. The molecule has 8 nitrogen and oxygen atoms in total. The Hall–Kier alpha value is -4.24. The number of halogens is 1. The molecule has 0 radical (unpaired) electrons. The maximum Gasteiger partial charge on any atom is 0.259 e. The summed E-state index contributed by atoms with van der Waals surface area (Å²) in [5.74, 6) is 0.385. The Labute approximate surface area is 242 Å². The highest BCUT2D eigenvalue weighted by Crippen LogP contribution is 2.35. The van der Waals surface area contributed by atoms with Gasteiger partial charge in [0.25, 0.3) is 11.8 Å². The van der Waals surface area contributed by atoms with Gasteiger partial charge in [0, 0.05) is 18.1 Å². The fourth-order valence-electron chi connectivity index (χ4n) is 3.91. The molecule has 0 unspecified atom stereocenters. The molecular formula is C31H31BrN4O4. The van der Waals surface area contributed by atoms with Gasteiger partial charge in [-0.05, 0) is 94.0 Å². The first-order valence-electron chi connectivity index (χ1n) is 12.6. The van der Waals surface area contributed by atoms with Crippen LogP contribution in [0, 0.1) is 6.92 Å². The van der Waals surface area contributed by atoms with E-state index >= 15 is 0 Å². The fourth-order valence-corrected chi connectivity index (χ4v) is 4.53. The third-order valence-electron chi connectivity index (χ3n) is 6.21. The number of methoxy groups -OCH3 is 1. The Bertz CT molecular complexity index is 1520. The number of carbonyl (C=O) groups is 2. The normalized spacial score (nSPS) is 11.1. The minimum atomic E-state index is -0.372. The molecule has 4 aromatic rings. The van der Waals surface area contributed by atoms with E-state index in [-0.39, 0.29) is 17.2 Å². The van der Waals surface area contributed by atoms with Crippen LogP contribution in [-0.2, 0) is 12.0 Å². The van der Waals surface area contributed by atoms with Gasteiger partial charge in [-0.15, -0.1) is 0 Å². The molecule has 0 aliphatic carbocycles. The van der Waals surface area contributed by atoms with Crippen LogP contribution in [0.15, 0.2) is 77.7 Å². The smallest absolute Gasteiger partial charge is 0.259 e. The summed E-state index contributed by atoms with van der Waals surface area (Å²) in [7, 11) is 1.52. The van der Waals surface area contributed by atoms with Gasteiger partial charge in [0.15, 0.2) is 0 Å². The number of carbonyl (C=O) groups excluding carboxylic acids is 2. The second-order valence-electron chi connectivity index (χ2n) is 10.2. The van der Waals surface area contributed by atoms with Crippen LogP contribution in [0.25, 0.3) is 0 Å². The molecule has 2 aromatic heterocycles. The summed E-state index contributed by atoms with van der Waals surface area (Å²) >= 11 is 3.52. The van der Waals surface area contributed by atoms with Gasteiger partial charge in [0.2, 0.25) is 0 Å². The van der Waals surface area contributed by atoms with Crippen LogP contribution >= 0.6 is 15.9 Å². The fraction of sp³-hybridized carbons (Fsp3) is 0.226. The third-order valence-corrected chi connectivity index (χ3v) is 6.80. The molecule has 2 aromatic carbocycles. The number of nitrogens with zero attached hydrogens (tertiary/aromatic N) is 2. The lowest BCUT2D eigenvalue weighted by atomic mass is 9.86. The molecule has 40 heavy (non-hydrogen) atoms. The molecule has 9 heteroatoms. The Balaban J connectivity index is 1.47. The summed E-state index contributed by atoms with van der Waals surface area (Å²) < 4.78 is 12.0. The Morgan fingerprint density at radius 2 is 1.55 bits per heavy atom. The van der Waals surface area contributed by atoms with Crippen LogP contribution in [0.2, 0.25) is 0 Å². The first kappa shape index (κ1) is 28.8. The van der Waals surface area contributed by atoms with Crippen molar-refractivity contribution < 1.29 is 19.1 Å². The number of amides is 2. The number of pyridine rings is 2. The lowest BCUT2D eigenvalue weighted by molar-refractivity contribution is 0.101. The molecule has 0 bridgehead atoms. The lowest BCUT2D eigenvalue weighted by Gasteiger charge is -2.22. The molecule has 2 amide bonds. The zero-order valence-corrected chi connectivity index (χ0v) is 24.6. The summed E-state index contributed by atoms with van der Waals surface area (Å²) in [6.45, 7) is 8.37. The van der Waals surface area contributed by atoms with Crippen molar-refractivity contribution in [2.45, 2.75) is 39.7 Å². The van der Waals surface area contributed by atoms with Crippen LogP contribution in [0.1, 0.15) is 58.3 Å². The molecule has 2 heterocycles. The topological polar surface area (TPSA) is 102 Å². The zero-order chi connectivity index (χ0) is 28.9. The molecule has 0 aliphatic rings. The van der Waals surface area contributed by atoms with Gasteiger partial charge in [-0.1, -0.05) is 20.8 Å². The van der Waals surface area contributed by atoms with Crippen LogP contribution in [0.3, 0.4) is 0 Å². The van der Waals surface area contributed by atoms with E-state index in [2.05, 4.69) is 57.3 Å². The predicted octanol–water partition coefficient (Wildman–Crippen LogP) is 6.94. The molecule has 0 saturated carbocycles. The second kappa shape index (κ2) is 12.3. The number of ether oxygens (including phenoxy) is 2. The highest BCUT2D eigenvalue weighted by Gasteiger charge is 2.23. The Morgan fingerprint density at radius 1 is 0.900 bits per heavy atom. The van der Waals surface area contributed by atoms with E-state index < -0.39 is 0 Å². The molecule has 0 atom stereocenters. The standard InChI is InChI=1S/C31H31BrN4O4/c1-19-25(29(37)35-22-6-8-24(9-7-22)40-18-20-10-12-33-13-11-20)16-23(17-34-19)36-30(38)26-14-21(31(2,3)4)15-27(32)28(26)39-5/h6-17H,18H2,1-5H3,(H,35,37)(H,36,38). The lowest BCUT2D eigenvalue weighted by Crippen LogP contribution is -2.19. The van der Waals surface area contributed by atoms with Gasteiger partial charge in [0.1, 0.15) is 18.1 Å². The van der Waals surface area contributed by atoms with Gasteiger partial charge < -0.3 is 20.1 Å². The Morgan fingerprint density at radius 3 is 2.20 bits per heavy atom. The van der Waals surface area contributed by atoms with Crippen LogP contribution in [0.4, 0.5) is 11.4 Å². The van der Waals surface area contributed by atoms with Gasteiger partial charge in [0.05, 0.1) is 40.3 Å². The van der Waals surface area contributed by atoms with Gasteiger partial charge >= 0.3 is 0 Å². The summed E-state index contributed by atoms with van der Waals surface area (Å²) in [6, 6.07) is 16.3. The van der Waals surface area contributed by atoms with Crippen molar-refractivity contribution in [2.24, 2.45) is 0 Å². The maximum atomic E-state index is 13.3. The summed E-state index contributed by atoms with van der Waals surface area (Å²) in [4.78, 5) is 34.7. The van der Waals surface area contributed by atoms with Crippen LogP contribution in [-0.4, -0.2) is 28.9 Å². The zero-order valence-electron chi connectivity index (χ0n) is 23.0. The third kappa shape index (κ3) is 7.04. The predicted molar refractivity (Wildman–Crippen MR) is 159 cm³/mol. The second-order valence-corrected chi connectivity index (χ2v) is 11.1. The van der Waals surface area contributed by atoms with Crippen LogP contribution < -0.4 is 20.1 Å². The molecular weight excluding hydrogens is 572 g/mol. The van der Waals surface area contributed by atoms with Crippen molar-refractivity contribution in [1.29, 1.82) is 0 Å². The molecule has 0 saturated heterocycles. The average molecular weight is 604 g/mol. The monoisotopic (exact) mass is 602 g/mol. The van der Waals surface area contributed by atoms with Crippen molar-refractivity contribution in [3.05, 3.63) is 106 Å². The molecule has 0 aliphatic heterocycles. The highest BCUT2D eigenvalue weighted by molar-refractivity contribution is 9.10. The van der Waals surface area contributed by atoms with E-state index in [1.807, 2.05) is 24.3 Å². The number of rotatable bonds is 8. The molecule has 4 rings (SSSR count).